The average molecular weight is 438 g/mol. The summed E-state index contributed by atoms with van der Waals surface area (Å²) in [4.78, 5) is 14.6. The Bertz CT molecular complexity index is 1150. The van der Waals surface area contributed by atoms with Crippen molar-refractivity contribution in [1.29, 1.82) is 0 Å². The molecule has 9 heteroatoms. The van der Waals surface area contributed by atoms with E-state index in [1.54, 1.807) is 15.4 Å². The lowest BCUT2D eigenvalue weighted by Crippen LogP contribution is -2.34. The number of aryl methyl sites for hydroxylation is 1. The highest BCUT2D eigenvalue weighted by atomic mass is 16.3. The molecular weight excluding hydrogens is 406 g/mol. The highest BCUT2D eigenvalue weighted by molar-refractivity contribution is 6.02. The molecule has 0 aromatic carbocycles. The van der Waals surface area contributed by atoms with Gasteiger partial charge in [-0.2, -0.15) is 10.2 Å². The molecule has 3 aromatic heterocycles. The number of β-amino-alcohol motifs (C(OH)–C–C–N with tert-alkyl or cyclic N) is 1. The number of hydrogen-bond acceptors (Lipinski definition) is 6. The summed E-state index contributed by atoms with van der Waals surface area (Å²) in [5.74, 6) is 1.13. The van der Waals surface area contributed by atoms with Crippen molar-refractivity contribution in [2.45, 2.75) is 32.4 Å². The van der Waals surface area contributed by atoms with Crippen LogP contribution in [-0.2, 0) is 7.05 Å². The van der Waals surface area contributed by atoms with Crippen molar-refractivity contribution in [2.75, 3.05) is 25.0 Å². The number of likely N-dealkylation sites (tertiary alicyclic amines) is 1. The van der Waals surface area contributed by atoms with Gasteiger partial charge in [-0.15, -0.1) is 0 Å². The number of nitrogens with one attached hydrogen (secondary N) is 1. The third-order valence-corrected chi connectivity index (χ3v) is 7.23. The monoisotopic (exact) mass is 437 g/mol. The van der Waals surface area contributed by atoms with Gasteiger partial charge in [0.1, 0.15) is 0 Å². The molecule has 5 rings (SSSR count). The molecule has 4 N–H and O–H groups in total. The van der Waals surface area contributed by atoms with Gasteiger partial charge in [-0.05, 0) is 37.2 Å². The van der Waals surface area contributed by atoms with Crippen LogP contribution in [0.15, 0.2) is 30.9 Å². The van der Waals surface area contributed by atoms with Gasteiger partial charge in [0.05, 0.1) is 35.3 Å². The molecule has 0 spiro atoms. The Morgan fingerprint density at radius 3 is 2.75 bits per heavy atom. The van der Waals surface area contributed by atoms with E-state index in [0.29, 0.717) is 23.3 Å². The summed E-state index contributed by atoms with van der Waals surface area (Å²) < 4.78 is 3.56. The van der Waals surface area contributed by atoms with Crippen molar-refractivity contribution in [3.8, 4) is 11.1 Å². The molecule has 5 atom stereocenters. The van der Waals surface area contributed by atoms with Crippen LogP contribution in [-0.4, -0.2) is 67.1 Å². The number of nitrogens with two attached hydrogens (primary N) is 1. The number of carbonyl (C=O) groups is 1. The van der Waals surface area contributed by atoms with Gasteiger partial charge in [-0.25, -0.2) is 4.52 Å². The summed E-state index contributed by atoms with van der Waals surface area (Å²) in [5, 5.41) is 22.1. The zero-order valence-electron chi connectivity index (χ0n) is 18.8. The topological polar surface area (TPSA) is 114 Å². The fourth-order valence-corrected chi connectivity index (χ4v) is 5.69. The second kappa shape index (κ2) is 7.90. The summed E-state index contributed by atoms with van der Waals surface area (Å²) in [6.07, 6.45) is 8.00. The van der Waals surface area contributed by atoms with Gasteiger partial charge in [0.15, 0.2) is 0 Å². The van der Waals surface area contributed by atoms with E-state index in [-0.39, 0.29) is 12.1 Å². The molecule has 1 saturated carbocycles. The molecule has 2 fully saturated rings. The van der Waals surface area contributed by atoms with Gasteiger partial charge in [-0.1, -0.05) is 6.92 Å². The van der Waals surface area contributed by atoms with Crippen molar-refractivity contribution in [3.63, 3.8) is 0 Å². The molecule has 4 heterocycles. The molecule has 1 aliphatic carbocycles. The maximum absolute atomic E-state index is 12.2. The Labute approximate surface area is 187 Å². The fraction of sp³-hybridized carbons (Fsp3) is 0.522. The Morgan fingerprint density at radius 2 is 2.09 bits per heavy atom. The maximum atomic E-state index is 12.2. The van der Waals surface area contributed by atoms with Crippen LogP contribution >= 0.6 is 0 Å². The fourth-order valence-electron chi connectivity index (χ4n) is 5.69. The van der Waals surface area contributed by atoms with E-state index in [1.807, 2.05) is 38.6 Å². The maximum Gasteiger partial charge on any atom is 0.252 e. The van der Waals surface area contributed by atoms with Crippen molar-refractivity contribution in [1.82, 2.24) is 24.3 Å². The highest BCUT2D eigenvalue weighted by Crippen LogP contribution is 2.44. The molecule has 0 bridgehead atoms. The van der Waals surface area contributed by atoms with Gasteiger partial charge >= 0.3 is 0 Å². The minimum absolute atomic E-state index is 0.250. The van der Waals surface area contributed by atoms with Gasteiger partial charge in [0.2, 0.25) is 0 Å². The van der Waals surface area contributed by atoms with Crippen LogP contribution in [0.1, 0.15) is 30.6 Å². The van der Waals surface area contributed by atoms with Gasteiger partial charge in [0.25, 0.3) is 5.91 Å². The number of nitrogens with zero attached hydrogens (tertiary/aromatic N) is 5. The molecule has 32 heavy (non-hydrogen) atoms. The van der Waals surface area contributed by atoms with Crippen LogP contribution in [0.4, 0.5) is 5.69 Å². The zero-order chi connectivity index (χ0) is 22.6. The van der Waals surface area contributed by atoms with Crippen LogP contribution in [0.3, 0.4) is 0 Å². The summed E-state index contributed by atoms with van der Waals surface area (Å²) in [5.41, 5.74) is 9.69. The Morgan fingerprint density at radius 1 is 1.28 bits per heavy atom. The Kier molecular flexibility index (Phi) is 5.17. The molecule has 170 valence electrons. The molecule has 0 radical (unpaired) electrons. The lowest BCUT2D eigenvalue weighted by Gasteiger charge is -2.26. The number of aromatic nitrogens is 4. The minimum atomic E-state index is -0.486. The van der Waals surface area contributed by atoms with Gasteiger partial charge < -0.3 is 21.1 Å². The van der Waals surface area contributed by atoms with E-state index < -0.39 is 5.91 Å². The molecule has 9 nitrogen and oxygen atoms in total. The number of rotatable bonds is 6. The van der Waals surface area contributed by atoms with Crippen LogP contribution in [0.2, 0.25) is 0 Å². The average Bonchev–Trinajstić information content (AvgIpc) is 3.47. The third-order valence-electron chi connectivity index (χ3n) is 7.23. The third kappa shape index (κ3) is 3.65. The SMILES string of the molecule is C[C@H]1[C@@H]2CN(C[C@@H](C)O)C[C@H]2C[C@H]1Nc1c(C(N)=O)cnn2cc(-c3cnn(C)c3)cc12. The van der Waals surface area contributed by atoms with Crippen LogP contribution in [0.25, 0.3) is 16.6 Å². The Balaban J connectivity index is 1.44. The largest absolute Gasteiger partial charge is 0.392 e. The standard InChI is InChI=1S/C23H31N7O2/c1-13(31)8-29-10-16-4-20(14(2)19(16)12-29)27-22-18(23(24)32)7-26-30-11-15(5-21(22)30)17-6-25-28(3)9-17/h5-7,9,11,13-14,16,19-20,27,31H,4,8,10,12H2,1-3H3,(H2,24,32)/t13-,14+,16-,19+,20-/m1/s1. The molecular formula is C23H31N7O2. The predicted octanol–water partition coefficient (Wildman–Crippen LogP) is 1.58. The number of aliphatic hydroxyl groups is 1. The van der Waals surface area contributed by atoms with Crippen molar-refractivity contribution >= 4 is 17.1 Å². The first-order chi connectivity index (χ1) is 15.3. The molecule has 1 aliphatic heterocycles. The van der Waals surface area contributed by atoms with E-state index in [2.05, 4.69) is 27.3 Å². The number of primary amides is 1. The van der Waals surface area contributed by atoms with Crippen LogP contribution < -0.4 is 11.1 Å². The zero-order valence-corrected chi connectivity index (χ0v) is 18.8. The van der Waals surface area contributed by atoms with E-state index in [9.17, 15) is 9.90 Å². The predicted molar refractivity (Wildman–Crippen MR) is 122 cm³/mol. The quantitative estimate of drug-likeness (QED) is 0.540. The lowest BCUT2D eigenvalue weighted by atomic mass is 9.93. The summed E-state index contributed by atoms with van der Waals surface area (Å²) in [7, 11) is 1.89. The van der Waals surface area contributed by atoms with Crippen molar-refractivity contribution in [2.24, 2.45) is 30.5 Å². The summed E-state index contributed by atoms with van der Waals surface area (Å²) >= 11 is 0. The molecule has 1 saturated heterocycles. The Hall–Kier alpha value is -2.91. The molecule has 3 aromatic rings. The number of amides is 1. The van der Waals surface area contributed by atoms with Crippen molar-refractivity contribution in [3.05, 3.63) is 36.4 Å². The van der Waals surface area contributed by atoms with Gasteiger partial charge in [-0.3, -0.25) is 9.48 Å². The number of fused-ring (bicyclic) bond motifs is 2. The lowest BCUT2D eigenvalue weighted by molar-refractivity contribution is 0.100. The summed E-state index contributed by atoms with van der Waals surface area (Å²) in [6.45, 7) is 6.90. The number of anilines is 1. The second-order valence-electron chi connectivity index (χ2n) is 9.60. The first-order valence-corrected chi connectivity index (χ1v) is 11.3. The smallest absolute Gasteiger partial charge is 0.252 e. The van der Waals surface area contributed by atoms with E-state index in [0.717, 1.165) is 48.4 Å². The first-order valence-electron chi connectivity index (χ1n) is 11.3. The molecule has 0 unspecified atom stereocenters. The summed E-state index contributed by atoms with van der Waals surface area (Å²) in [6, 6.07) is 2.28. The number of aliphatic hydroxyl groups excluding tert-OH is 1. The van der Waals surface area contributed by atoms with Crippen molar-refractivity contribution < 1.29 is 9.90 Å². The molecule has 2 aliphatic rings. The second-order valence-corrected chi connectivity index (χ2v) is 9.60. The number of carbonyl (C=O) groups excluding carboxylic acids is 1. The van der Waals surface area contributed by atoms with E-state index >= 15 is 0 Å². The first kappa shape index (κ1) is 21.0. The minimum Gasteiger partial charge on any atom is -0.392 e. The number of hydrogen-bond donors (Lipinski definition) is 3. The van der Waals surface area contributed by atoms with Gasteiger partial charge in [0, 0.05) is 56.2 Å². The van der Waals surface area contributed by atoms with E-state index in [1.165, 1.54) is 0 Å². The van der Waals surface area contributed by atoms with E-state index in [4.69, 9.17) is 5.73 Å². The highest BCUT2D eigenvalue weighted by Gasteiger charge is 2.46. The normalized spacial score (nSPS) is 26.5. The molecule has 1 amide bonds. The van der Waals surface area contributed by atoms with Crippen LogP contribution in [0, 0.1) is 17.8 Å². The van der Waals surface area contributed by atoms with Crippen LogP contribution in [0.5, 0.6) is 0 Å².